The van der Waals surface area contributed by atoms with E-state index in [4.69, 9.17) is 15.5 Å². The number of benzene rings is 2. The van der Waals surface area contributed by atoms with Gasteiger partial charge in [-0.3, -0.25) is 4.79 Å². The number of likely N-dealkylation sites (tertiary alicyclic amines) is 1. The van der Waals surface area contributed by atoms with Crippen LogP contribution in [0.5, 0.6) is 5.75 Å². The molecule has 2 fully saturated rings. The lowest BCUT2D eigenvalue weighted by molar-refractivity contribution is 0.0459. The summed E-state index contributed by atoms with van der Waals surface area (Å²) < 4.78 is 10.2. The maximum absolute atomic E-state index is 13.4. The smallest absolute Gasteiger partial charge is 0.254 e. The minimum absolute atomic E-state index is 0.122. The maximum Gasteiger partial charge on any atom is 0.254 e. The highest BCUT2D eigenvalue weighted by atomic mass is 16.5. The molecule has 36 heavy (non-hydrogen) atoms. The van der Waals surface area contributed by atoms with E-state index in [1.54, 1.807) is 18.1 Å². The summed E-state index contributed by atoms with van der Waals surface area (Å²) in [6, 6.07) is 12.0. The van der Waals surface area contributed by atoms with Crippen molar-refractivity contribution in [2.45, 2.75) is 44.9 Å². The second-order valence-electron chi connectivity index (χ2n) is 10.5. The van der Waals surface area contributed by atoms with Gasteiger partial charge < -0.3 is 29.6 Å². The van der Waals surface area contributed by atoms with Gasteiger partial charge in [0.05, 0.1) is 24.4 Å². The number of rotatable bonds is 5. The summed E-state index contributed by atoms with van der Waals surface area (Å²) in [4.78, 5) is 20.1. The van der Waals surface area contributed by atoms with Crippen LogP contribution in [0.3, 0.4) is 0 Å². The first-order valence-corrected chi connectivity index (χ1v) is 12.7. The van der Waals surface area contributed by atoms with Gasteiger partial charge >= 0.3 is 0 Å². The lowest BCUT2D eigenvalue weighted by Gasteiger charge is -2.34. The van der Waals surface area contributed by atoms with E-state index >= 15 is 0 Å². The van der Waals surface area contributed by atoms with Crippen LogP contribution in [0.25, 0.3) is 33.5 Å². The van der Waals surface area contributed by atoms with Crippen LogP contribution in [0.1, 0.15) is 35.2 Å². The lowest BCUT2D eigenvalue weighted by Crippen LogP contribution is -2.53. The molecule has 1 saturated heterocycles. The Hall–Kier alpha value is -3.36. The van der Waals surface area contributed by atoms with Gasteiger partial charge in [-0.25, -0.2) is 4.98 Å². The first kappa shape index (κ1) is 23.1. The van der Waals surface area contributed by atoms with Crippen molar-refractivity contribution in [3.8, 4) is 17.3 Å². The molecule has 188 valence electrons. The molecule has 6 rings (SSSR count). The zero-order chi connectivity index (χ0) is 25.1. The molecule has 8 heteroatoms. The highest BCUT2D eigenvalue weighted by Crippen LogP contribution is 2.38. The van der Waals surface area contributed by atoms with Crippen LogP contribution in [0.4, 0.5) is 0 Å². The van der Waals surface area contributed by atoms with E-state index in [9.17, 15) is 9.90 Å². The van der Waals surface area contributed by atoms with Gasteiger partial charge in [-0.1, -0.05) is 11.6 Å². The van der Waals surface area contributed by atoms with Crippen molar-refractivity contribution in [3.63, 3.8) is 0 Å². The Balaban J connectivity index is 1.46. The van der Waals surface area contributed by atoms with Crippen LogP contribution in [-0.4, -0.2) is 62.4 Å². The average Bonchev–Trinajstić information content (AvgIpc) is 3.54. The normalized spacial score (nSPS) is 20.4. The van der Waals surface area contributed by atoms with Gasteiger partial charge in [0.1, 0.15) is 11.3 Å². The number of nitrogens with two attached hydrogens (primary N) is 1. The highest BCUT2D eigenvalue weighted by molar-refractivity contribution is 6.00. The van der Waals surface area contributed by atoms with Crippen molar-refractivity contribution in [3.05, 3.63) is 47.5 Å². The molecule has 2 atom stereocenters. The van der Waals surface area contributed by atoms with E-state index in [0.717, 1.165) is 29.1 Å². The van der Waals surface area contributed by atoms with Crippen LogP contribution < -0.4 is 10.5 Å². The number of piperidine rings is 1. The van der Waals surface area contributed by atoms with Crippen LogP contribution >= 0.6 is 0 Å². The fraction of sp³-hybridized carbons (Fsp3) is 0.429. The molecule has 1 aliphatic carbocycles. The number of fused-ring (bicyclic) bond motifs is 2. The van der Waals surface area contributed by atoms with Crippen molar-refractivity contribution in [2.24, 2.45) is 18.7 Å². The molecule has 1 aliphatic heterocycles. The molecule has 3 heterocycles. The number of carbonyl (C=O) groups excluding carboxylic acids is 1. The van der Waals surface area contributed by atoms with Crippen molar-refractivity contribution < 1.29 is 14.6 Å². The van der Waals surface area contributed by atoms with E-state index in [1.165, 1.54) is 29.3 Å². The zero-order valence-corrected chi connectivity index (χ0v) is 21.1. The van der Waals surface area contributed by atoms with Gasteiger partial charge in [0, 0.05) is 49.2 Å². The fourth-order valence-corrected chi connectivity index (χ4v) is 5.49. The number of amides is 1. The number of aliphatic hydroxyl groups excluding tert-OH is 1. The lowest BCUT2D eigenvalue weighted by atomic mass is 10.0. The van der Waals surface area contributed by atoms with Crippen LogP contribution in [0.2, 0.25) is 0 Å². The SMILES string of the molecule is COc1cc(C(=O)N2CC[C@@H](O)[C@@H](N)C2)cc2nc(-c3cc4cc(C)ccc4n3CC3CC3)n(C)c12. The van der Waals surface area contributed by atoms with Crippen molar-refractivity contribution in [2.75, 3.05) is 20.2 Å². The van der Waals surface area contributed by atoms with Crippen LogP contribution in [0.15, 0.2) is 36.4 Å². The summed E-state index contributed by atoms with van der Waals surface area (Å²) in [7, 11) is 3.62. The molecular formula is C28H33N5O3. The molecule has 0 radical (unpaired) electrons. The summed E-state index contributed by atoms with van der Waals surface area (Å²) in [5, 5.41) is 11.2. The Morgan fingerprint density at radius 3 is 2.72 bits per heavy atom. The number of aryl methyl sites for hydroxylation is 2. The molecule has 4 aromatic rings. The minimum atomic E-state index is -0.574. The molecular weight excluding hydrogens is 454 g/mol. The Kier molecular flexibility index (Phi) is 5.53. The zero-order valence-electron chi connectivity index (χ0n) is 21.1. The summed E-state index contributed by atoms with van der Waals surface area (Å²) in [5.41, 5.74) is 11.6. The second kappa shape index (κ2) is 8.64. The third-order valence-electron chi connectivity index (χ3n) is 7.73. The first-order chi connectivity index (χ1) is 17.3. The predicted octanol–water partition coefficient (Wildman–Crippen LogP) is 3.46. The van der Waals surface area contributed by atoms with Crippen molar-refractivity contribution in [1.82, 2.24) is 19.0 Å². The Morgan fingerprint density at radius 1 is 1.19 bits per heavy atom. The molecule has 2 aromatic heterocycles. The van der Waals surface area contributed by atoms with E-state index in [-0.39, 0.29) is 5.91 Å². The quantitative estimate of drug-likeness (QED) is 0.449. The van der Waals surface area contributed by atoms with Crippen molar-refractivity contribution >= 4 is 27.8 Å². The van der Waals surface area contributed by atoms with Crippen LogP contribution in [-0.2, 0) is 13.6 Å². The maximum atomic E-state index is 13.4. The van der Waals surface area contributed by atoms with Gasteiger partial charge in [-0.15, -0.1) is 0 Å². The number of imidazole rings is 1. The number of hydrogen-bond donors (Lipinski definition) is 2. The number of aromatic nitrogens is 3. The number of methoxy groups -OCH3 is 1. The predicted molar refractivity (Wildman–Crippen MR) is 140 cm³/mol. The molecule has 8 nitrogen and oxygen atoms in total. The van der Waals surface area contributed by atoms with Gasteiger partial charge in [-0.05, 0) is 62.4 Å². The molecule has 0 unspecified atom stereocenters. The van der Waals surface area contributed by atoms with E-state index < -0.39 is 12.1 Å². The number of nitrogens with zero attached hydrogens (tertiary/aromatic N) is 4. The molecule has 2 aromatic carbocycles. The number of hydrogen-bond acceptors (Lipinski definition) is 5. The third-order valence-corrected chi connectivity index (χ3v) is 7.73. The van der Waals surface area contributed by atoms with Gasteiger partial charge in [0.2, 0.25) is 0 Å². The molecule has 2 aliphatic rings. The third kappa shape index (κ3) is 3.85. The molecule has 0 bridgehead atoms. The number of ether oxygens (including phenoxy) is 1. The van der Waals surface area contributed by atoms with E-state index in [2.05, 4.69) is 40.3 Å². The van der Waals surface area contributed by atoms with E-state index in [0.29, 0.717) is 36.7 Å². The Morgan fingerprint density at radius 2 is 2.00 bits per heavy atom. The molecule has 3 N–H and O–H groups in total. The van der Waals surface area contributed by atoms with Gasteiger partial charge in [0.15, 0.2) is 5.82 Å². The summed E-state index contributed by atoms with van der Waals surface area (Å²) >= 11 is 0. The highest BCUT2D eigenvalue weighted by Gasteiger charge is 2.30. The first-order valence-electron chi connectivity index (χ1n) is 12.7. The van der Waals surface area contributed by atoms with Crippen LogP contribution in [0, 0.1) is 12.8 Å². The topological polar surface area (TPSA) is 98.5 Å². The van der Waals surface area contributed by atoms with E-state index in [1.807, 2.05) is 13.1 Å². The number of carbonyl (C=O) groups is 1. The fourth-order valence-electron chi connectivity index (χ4n) is 5.49. The minimum Gasteiger partial charge on any atom is -0.494 e. The van der Waals surface area contributed by atoms with Gasteiger partial charge in [0.25, 0.3) is 5.91 Å². The van der Waals surface area contributed by atoms with Gasteiger partial charge in [-0.2, -0.15) is 0 Å². The summed E-state index contributed by atoms with van der Waals surface area (Å²) in [5.74, 6) is 2.05. The largest absolute Gasteiger partial charge is 0.494 e. The standard InChI is InChI=1S/C28H33N5O3/c1-16-4-7-22-18(10-16)12-23(33(22)14-17-5-6-17)27-30-21-11-19(13-25(36-3)26(21)31(27)2)28(35)32-9-8-24(34)20(29)15-32/h4,7,10-13,17,20,24,34H,5-6,8-9,14-15,29H2,1-3H3/t20-,24+/m0/s1. The second-order valence-corrected chi connectivity index (χ2v) is 10.5. The molecule has 0 spiro atoms. The molecule has 1 amide bonds. The molecule has 1 saturated carbocycles. The average molecular weight is 488 g/mol. The number of aliphatic hydroxyl groups is 1. The monoisotopic (exact) mass is 487 g/mol. The summed E-state index contributed by atoms with van der Waals surface area (Å²) in [6.45, 7) is 3.90. The Labute approximate surface area is 210 Å². The summed E-state index contributed by atoms with van der Waals surface area (Å²) in [6.07, 6.45) is 2.44. The Bertz CT molecular complexity index is 1480. The van der Waals surface area contributed by atoms with Crippen molar-refractivity contribution in [1.29, 1.82) is 0 Å².